The van der Waals surface area contributed by atoms with E-state index in [-0.39, 0.29) is 11.5 Å². The highest BCUT2D eigenvalue weighted by Crippen LogP contribution is 2.31. The number of hydrogen-bond acceptors (Lipinski definition) is 6. The molecule has 0 amide bonds. The minimum atomic E-state index is 0.0851. The molecule has 4 aromatic rings. The fourth-order valence-electron chi connectivity index (χ4n) is 2.69. The van der Waals surface area contributed by atoms with Crippen molar-refractivity contribution >= 4 is 23.0 Å². The van der Waals surface area contributed by atoms with Gasteiger partial charge in [0.05, 0.1) is 11.2 Å². The molecule has 3 heterocycles. The summed E-state index contributed by atoms with van der Waals surface area (Å²) in [5.74, 6) is 0.0851. The van der Waals surface area contributed by atoms with Crippen LogP contribution >= 0.6 is 0 Å². The summed E-state index contributed by atoms with van der Waals surface area (Å²) in [6, 6.07) is 11.4. The Balaban J connectivity index is 1.98. The van der Waals surface area contributed by atoms with Gasteiger partial charge in [0, 0.05) is 30.4 Å². The Morgan fingerprint density at radius 1 is 1.12 bits per heavy atom. The third kappa shape index (κ3) is 2.61. The molecule has 25 heavy (non-hydrogen) atoms. The molecular formula is C18H14N6O. The summed E-state index contributed by atoms with van der Waals surface area (Å²) in [7, 11) is 1.82. The highest BCUT2D eigenvalue weighted by atomic mass is 16.1. The Bertz CT molecular complexity index is 1100. The van der Waals surface area contributed by atoms with Crippen LogP contribution in [0.1, 0.15) is 10.5 Å². The number of rotatable bonds is 3. The second-order valence-corrected chi connectivity index (χ2v) is 5.59. The van der Waals surface area contributed by atoms with Gasteiger partial charge in [0.1, 0.15) is 17.1 Å². The number of pyridine rings is 1. The molecule has 1 aromatic carbocycles. The average molecular weight is 330 g/mol. The molecule has 0 aliphatic heterocycles. The molecule has 0 unspecified atom stereocenters. The predicted molar refractivity (Wildman–Crippen MR) is 94.8 cm³/mol. The van der Waals surface area contributed by atoms with Gasteiger partial charge in [-0.15, -0.1) is 0 Å². The summed E-state index contributed by atoms with van der Waals surface area (Å²) < 4.78 is 1.68. The number of nitrogens with zero attached hydrogens (tertiary/aromatic N) is 5. The maximum Gasteiger partial charge on any atom is 0.172 e. The highest BCUT2D eigenvalue weighted by molar-refractivity contribution is 5.89. The van der Waals surface area contributed by atoms with Crippen LogP contribution in [-0.2, 0) is 7.05 Å². The first-order chi connectivity index (χ1) is 12.2. The predicted octanol–water partition coefficient (Wildman–Crippen LogP) is 2.49. The number of aryl methyl sites for hydroxylation is 1. The number of aromatic nitrogens is 5. The van der Waals surface area contributed by atoms with E-state index in [9.17, 15) is 4.79 Å². The van der Waals surface area contributed by atoms with Gasteiger partial charge in [-0.3, -0.25) is 14.5 Å². The number of anilines is 1. The maximum absolute atomic E-state index is 11.3. The van der Waals surface area contributed by atoms with Crippen LogP contribution < -0.4 is 5.73 Å². The third-order valence-electron chi connectivity index (χ3n) is 3.90. The summed E-state index contributed by atoms with van der Waals surface area (Å²) in [4.78, 5) is 24.4. The second-order valence-electron chi connectivity index (χ2n) is 5.59. The number of carbonyl (C=O) groups excluding carboxylic acids is 1. The van der Waals surface area contributed by atoms with Crippen molar-refractivity contribution in [2.24, 2.45) is 7.05 Å². The van der Waals surface area contributed by atoms with Gasteiger partial charge in [0.2, 0.25) is 0 Å². The smallest absolute Gasteiger partial charge is 0.172 e. The molecule has 3 aromatic heterocycles. The van der Waals surface area contributed by atoms with E-state index in [0.717, 1.165) is 16.5 Å². The zero-order valence-corrected chi connectivity index (χ0v) is 13.4. The van der Waals surface area contributed by atoms with Gasteiger partial charge in [0.15, 0.2) is 12.1 Å². The van der Waals surface area contributed by atoms with Gasteiger partial charge in [-0.1, -0.05) is 12.1 Å². The number of aldehydes is 1. The minimum absolute atomic E-state index is 0.0851. The first kappa shape index (κ1) is 14.9. The molecule has 7 heteroatoms. The molecule has 0 saturated carbocycles. The number of nitrogens with two attached hydrogens (primary N) is 1. The van der Waals surface area contributed by atoms with Gasteiger partial charge in [-0.25, -0.2) is 9.97 Å². The number of carbonyl (C=O) groups is 1. The van der Waals surface area contributed by atoms with Crippen molar-refractivity contribution in [3.8, 4) is 22.6 Å². The van der Waals surface area contributed by atoms with Crippen molar-refractivity contribution < 1.29 is 4.79 Å². The molecule has 0 bridgehead atoms. The molecule has 4 rings (SSSR count). The lowest BCUT2D eigenvalue weighted by Gasteiger charge is -2.10. The first-order valence-corrected chi connectivity index (χ1v) is 7.63. The van der Waals surface area contributed by atoms with E-state index in [2.05, 4.69) is 20.1 Å². The lowest BCUT2D eigenvalue weighted by atomic mass is 10.0. The summed E-state index contributed by atoms with van der Waals surface area (Å²) >= 11 is 0. The van der Waals surface area contributed by atoms with Crippen molar-refractivity contribution in [3.05, 3.63) is 54.5 Å². The van der Waals surface area contributed by atoms with E-state index in [4.69, 9.17) is 5.73 Å². The van der Waals surface area contributed by atoms with Gasteiger partial charge in [-0.2, -0.15) is 5.10 Å². The topological polar surface area (TPSA) is 99.6 Å². The van der Waals surface area contributed by atoms with E-state index >= 15 is 0 Å². The quantitative estimate of drug-likeness (QED) is 0.579. The average Bonchev–Trinajstić information content (AvgIpc) is 3.07. The van der Waals surface area contributed by atoms with Crippen LogP contribution in [0.2, 0.25) is 0 Å². The fraction of sp³-hybridized carbons (Fsp3) is 0.0556. The van der Waals surface area contributed by atoms with E-state index in [1.54, 1.807) is 10.9 Å². The monoisotopic (exact) mass is 330 g/mol. The van der Waals surface area contributed by atoms with E-state index in [1.165, 1.54) is 0 Å². The highest BCUT2D eigenvalue weighted by Gasteiger charge is 2.17. The molecular weight excluding hydrogens is 316 g/mol. The Kier molecular flexibility index (Phi) is 3.46. The van der Waals surface area contributed by atoms with Crippen molar-refractivity contribution in [2.75, 3.05) is 5.73 Å². The number of fused-ring (bicyclic) bond motifs is 1. The standard InChI is InChI=1S/C18H14N6O/c1-24-8-6-14(23-24)17-16(21-15(10-25)18(19)22-17)12-4-5-13-11(9-12)3-2-7-20-13/h2-10H,1H3,(H2,19,22). The van der Waals surface area contributed by atoms with Gasteiger partial charge < -0.3 is 5.73 Å². The Morgan fingerprint density at radius 2 is 2.00 bits per heavy atom. The van der Waals surface area contributed by atoms with Gasteiger partial charge in [0.25, 0.3) is 0 Å². The largest absolute Gasteiger partial charge is 0.382 e. The molecule has 122 valence electrons. The van der Waals surface area contributed by atoms with E-state index in [1.807, 2.05) is 49.6 Å². The van der Waals surface area contributed by atoms with Crippen LogP contribution in [0.25, 0.3) is 33.5 Å². The third-order valence-corrected chi connectivity index (χ3v) is 3.90. The molecule has 0 atom stereocenters. The number of nitrogen functional groups attached to an aromatic ring is 1. The van der Waals surface area contributed by atoms with Crippen molar-refractivity contribution in [2.45, 2.75) is 0 Å². The van der Waals surface area contributed by atoms with E-state index in [0.29, 0.717) is 23.4 Å². The molecule has 2 N–H and O–H groups in total. The first-order valence-electron chi connectivity index (χ1n) is 7.63. The zero-order chi connectivity index (χ0) is 17.4. The maximum atomic E-state index is 11.3. The molecule has 0 radical (unpaired) electrons. The van der Waals surface area contributed by atoms with Crippen LogP contribution in [0.15, 0.2) is 48.8 Å². The number of hydrogen-bond donors (Lipinski definition) is 1. The SMILES string of the molecule is Cn1ccc(-c2nc(N)c(C=O)nc2-c2ccc3ncccc3c2)n1. The van der Waals surface area contributed by atoms with Gasteiger partial charge >= 0.3 is 0 Å². The van der Waals surface area contributed by atoms with Crippen molar-refractivity contribution in [1.29, 1.82) is 0 Å². The van der Waals surface area contributed by atoms with Crippen LogP contribution in [0.4, 0.5) is 5.82 Å². The lowest BCUT2D eigenvalue weighted by molar-refractivity contribution is 0.111. The summed E-state index contributed by atoms with van der Waals surface area (Å²) in [6.45, 7) is 0. The molecule has 0 spiro atoms. The van der Waals surface area contributed by atoms with Crippen LogP contribution in [0.5, 0.6) is 0 Å². The van der Waals surface area contributed by atoms with E-state index < -0.39 is 0 Å². The lowest BCUT2D eigenvalue weighted by Crippen LogP contribution is -2.05. The molecule has 0 fully saturated rings. The fourth-order valence-corrected chi connectivity index (χ4v) is 2.69. The summed E-state index contributed by atoms with van der Waals surface area (Å²) in [6.07, 6.45) is 4.17. The Hall–Kier alpha value is -3.61. The molecule has 0 aliphatic carbocycles. The van der Waals surface area contributed by atoms with Crippen LogP contribution in [-0.4, -0.2) is 31.0 Å². The molecule has 0 aliphatic rings. The molecule has 0 saturated heterocycles. The Morgan fingerprint density at radius 3 is 2.76 bits per heavy atom. The Labute approximate surface area is 143 Å². The normalized spacial score (nSPS) is 10.9. The second kappa shape index (κ2) is 5.79. The number of benzene rings is 1. The zero-order valence-electron chi connectivity index (χ0n) is 13.4. The molecule has 7 nitrogen and oxygen atoms in total. The summed E-state index contributed by atoms with van der Waals surface area (Å²) in [5, 5.41) is 5.35. The van der Waals surface area contributed by atoms with Crippen LogP contribution in [0, 0.1) is 0 Å². The summed E-state index contributed by atoms with van der Waals surface area (Å²) in [5.41, 5.74) is 9.40. The van der Waals surface area contributed by atoms with Crippen LogP contribution in [0.3, 0.4) is 0 Å². The van der Waals surface area contributed by atoms with Gasteiger partial charge in [-0.05, 0) is 24.3 Å². The van der Waals surface area contributed by atoms with Crippen molar-refractivity contribution in [1.82, 2.24) is 24.7 Å². The minimum Gasteiger partial charge on any atom is -0.382 e. The van der Waals surface area contributed by atoms with Crippen molar-refractivity contribution in [3.63, 3.8) is 0 Å².